The van der Waals surface area contributed by atoms with E-state index in [9.17, 15) is 14.7 Å². The van der Waals surface area contributed by atoms with E-state index < -0.39 is 28.7 Å². The molecule has 1 amide bonds. The van der Waals surface area contributed by atoms with Gasteiger partial charge in [0.25, 0.3) is 5.95 Å². The van der Waals surface area contributed by atoms with Crippen LogP contribution in [0.4, 0.5) is 5.95 Å². The molecule has 12 nitrogen and oxygen atoms in total. The number of aliphatic carboxylic acids is 1. The Morgan fingerprint density at radius 1 is 1.12 bits per heavy atom. The van der Waals surface area contributed by atoms with E-state index in [1.165, 1.54) is 5.57 Å². The number of hydrogen-bond acceptors (Lipinski definition) is 9. The van der Waals surface area contributed by atoms with Gasteiger partial charge in [0.05, 0.1) is 38.4 Å². The summed E-state index contributed by atoms with van der Waals surface area (Å²) < 4.78 is 13.8. The standard InChI is InChI=1S/C39H65N7O5/c1-22(2)24(5)34(6)15-16-36(8)25-11-12-28-35(7)19-50-21-39(28,26(25)13-14-37(36,9)30(34)32(48)49)17-27(46-44-33(41)43-45-46)31(35)51-20-38(10,23(3)4)42-18-29(40)47/h13,22-25,27-28,30-31,42H,11-12,14-21H2,1-10H3,(H2,40,47)(H2,41,44)(H,48,49)/t24?,25-,27+,28-,30+,31-,34+,35-,36+,37-,38-,39-/m0/s1. The molecule has 0 spiro atoms. The molecule has 6 N–H and O–H groups in total. The van der Waals surface area contributed by atoms with Crippen molar-refractivity contribution in [3.63, 3.8) is 0 Å². The number of nitrogens with one attached hydrogen (secondary N) is 1. The van der Waals surface area contributed by atoms with E-state index in [2.05, 4.69) is 96.0 Å². The van der Waals surface area contributed by atoms with Gasteiger partial charge in [0.15, 0.2) is 0 Å². The minimum absolute atomic E-state index is 0.0604. The zero-order chi connectivity index (χ0) is 37.5. The molecule has 0 radical (unpaired) electrons. The highest BCUT2D eigenvalue weighted by Crippen LogP contribution is 2.75. The third kappa shape index (κ3) is 5.58. The molecule has 4 aliphatic carbocycles. The van der Waals surface area contributed by atoms with Gasteiger partial charge in [-0.3, -0.25) is 9.59 Å². The van der Waals surface area contributed by atoms with Crippen molar-refractivity contribution in [3.8, 4) is 0 Å². The number of nitrogens with two attached hydrogens (primary N) is 2. The van der Waals surface area contributed by atoms with Crippen LogP contribution in [0.2, 0.25) is 0 Å². The van der Waals surface area contributed by atoms with Gasteiger partial charge < -0.3 is 31.4 Å². The van der Waals surface area contributed by atoms with Gasteiger partial charge in [-0.15, -0.1) is 5.10 Å². The molecule has 1 aliphatic heterocycles. The maximum Gasteiger partial charge on any atom is 0.307 e. The van der Waals surface area contributed by atoms with Crippen molar-refractivity contribution in [3.05, 3.63) is 11.6 Å². The first kappa shape index (κ1) is 38.2. The van der Waals surface area contributed by atoms with Gasteiger partial charge in [0.2, 0.25) is 5.91 Å². The first-order valence-corrected chi connectivity index (χ1v) is 19.4. The predicted octanol–water partition coefficient (Wildman–Crippen LogP) is 5.26. The molecule has 1 saturated heterocycles. The zero-order valence-corrected chi connectivity index (χ0v) is 32.8. The lowest BCUT2D eigenvalue weighted by Gasteiger charge is -2.71. The summed E-state index contributed by atoms with van der Waals surface area (Å²) in [4.78, 5) is 26.9. The molecule has 1 aromatic rings. The Morgan fingerprint density at radius 3 is 2.41 bits per heavy atom. The highest BCUT2D eigenvalue weighted by atomic mass is 16.5. The summed E-state index contributed by atoms with van der Waals surface area (Å²) in [6.07, 6.45) is 7.51. The Hall–Kier alpha value is -2.57. The van der Waals surface area contributed by atoms with Crippen molar-refractivity contribution in [2.75, 3.05) is 32.1 Å². The number of allylic oxidation sites excluding steroid dienone is 1. The molecule has 1 aromatic heterocycles. The van der Waals surface area contributed by atoms with E-state index in [0.29, 0.717) is 32.2 Å². The molecular weight excluding hydrogens is 646 g/mol. The number of ether oxygens (including phenoxy) is 2. The van der Waals surface area contributed by atoms with Gasteiger partial charge in [0, 0.05) is 16.4 Å². The average Bonchev–Trinajstić information content (AvgIpc) is 3.48. The molecule has 12 atom stereocenters. The van der Waals surface area contributed by atoms with Crippen LogP contribution in [0.3, 0.4) is 0 Å². The molecule has 3 saturated carbocycles. The maximum absolute atomic E-state index is 13.5. The fourth-order valence-corrected chi connectivity index (χ4v) is 12.5. The lowest BCUT2D eigenvalue weighted by molar-refractivity contribution is -0.254. The summed E-state index contributed by atoms with van der Waals surface area (Å²) in [5, 5.41) is 27.6. The number of carboxylic acid groups (broad SMARTS) is 1. The normalized spacial score (nSPS) is 42.3. The maximum atomic E-state index is 13.5. The summed E-state index contributed by atoms with van der Waals surface area (Å²) in [5.41, 5.74) is 11.0. The van der Waals surface area contributed by atoms with E-state index in [1.54, 1.807) is 4.80 Å². The molecule has 2 bridgehead atoms. The monoisotopic (exact) mass is 712 g/mol. The molecular formula is C39H65N7O5. The quantitative estimate of drug-likeness (QED) is 0.221. The van der Waals surface area contributed by atoms with Gasteiger partial charge >= 0.3 is 5.97 Å². The second-order valence-electron chi connectivity index (χ2n) is 19.2. The lowest BCUT2D eigenvalue weighted by Crippen LogP contribution is -2.69. The fourth-order valence-electron chi connectivity index (χ4n) is 12.5. The number of tetrazole rings is 1. The number of fused-ring (bicyclic) bond motifs is 3. The summed E-state index contributed by atoms with van der Waals surface area (Å²) >= 11 is 0. The number of hydrogen-bond donors (Lipinski definition) is 4. The Morgan fingerprint density at radius 2 is 1.82 bits per heavy atom. The third-order valence-electron chi connectivity index (χ3n) is 16.3. The molecule has 12 heteroatoms. The molecule has 0 aromatic carbocycles. The van der Waals surface area contributed by atoms with Crippen molar-refractivity contribution in [2.24, 2.45) is 68.3 Å². The Balaban J connectivity index is 1.42. The van der Waals surface area contributed by atoms with Gasteiger partial charge in [-0.05, 0) is 96.5 Å². The van der Waals surface area contributed by atoms with Crippen LogP contribution in [-0.2, 0) is 19.1 Å². The summed E-state index contributed by atoms with van der Waals surface area (Å²) in [6, 6.07) is -0.262. The number of amides is 1. The molecule has 1 unspecified atom stereocenters. The number of carbonyl (C=O) groups excluding carboxylic acids is 1. The van der Waals surface area contributed by atoms with Gasteiger partial charge in [-0.2, -0.15) is 4.80 Å². The highest BCUT2D eigenvalue weighted by molar-refractivity contribution is 5.76. The van der Waals surface area contributed by atoms with E-state index in [1.807, 2.05) is 0 Å². The number of carboxylic acids is 1. The van der Waals surface area contributed by atoms with Crippen LogP contribution >= 0.6 is 0 Å². The summed E-state index contributed by atoms with van der Waals surface area (Å²) in [6.45, 7) is 23.9. The van der Waals surface area contributed by atoms with Crippen LogP contribution in [0.5, 0.6) is 0 Å². The zero-order valence-electron chi connectivity index (χ0n) is 32.8. The number of nitrogen functional groups attached to an aromatic ring is 1. The van der Waals surface area contributed by atoms with Gasteiger partial charge in [-0.25, -0.2) is 0 Å². The van der Waals surface area contributed by atoms with E-state index in [4.69, 9.17) is 20.9 Å². The summed E-state index contributed by atoms with van der Waals surface area (Å²) in [7, 11) is 0. The van der Waals surface area contributed by atoms with Crippen LogP contribution in [0.1, 0.15) is 114 Å². The molecule has 6 rings (SSSR count). The minimum atomic E-state index is -0.651. The first-order chi connectivity index (χ1) is 23.7. The topological polar surface area (TPSA) is 181 Å². The largest absolute Gasteiger partial charge is 0.481 e. The van der Waals surface area contributed by atoms with E-state index >= 15 is 0 Å². The van der Waals surface area contributed by atoms with Crippen LogP contribution in [0, 0.1) is 62.6 Å². The Bertz CT molecular complexity index is 1550. The van der Waals surface area contributed by atoms with E-state index in [0.717, 1.165) is 32.1 Å². The molecule has 5 aliphatic rings. The lowest BCUT2D eigenvalue weighted by atomic mass is 9.34. The second kappa shape index (κ2) is 12.8. The van der Waals surface area contributed by atoms with Gasteiger partial charge in [0.1, 0.15) is 6.04 Å². The smallest absolute Gasteiger partial charge is 0.307 e. The molecule has 286 valence electrons. The van der Waals surface area contributed by atoms with Crippen molar-refractivity contribution in [1.82, 2.24) is 25.5 Å². The first-order valence-electron chi connectivity index (χ1n) is 19.4. The SMILES string of the molecule is CC(C)C(C)[C@@]1(C)CC[C@]2(C)[C@H]3CC[C@@H]4[C@@]5(COC[C@]4(C)[C@@H](OC[C@](C)(NCC(N)=O)C(C)C)[C@H](n4nnc(N)n4)C5)C3=CC[C@@]2(C)[C@@H]1C(=O)O. The van der Waals surface area contributed by atoms with E-state index in [-0.39, 0.29) is 70.0 Å². The van der Waals surface area contributed by atoms with Crippen molar-refractivity contribution in [1.29, 1.82) is 0 Å². The number of aromatic nitrogens is 4. The Kier molecular flexibility index (Phi) is 9.57. The number of carbonyl (C=O) groups is 2. The predicted molar refractivity (Wildman–Crippen MR) is 195 cm³/mol. The average molecular weight is 712 g/mol. The Labute approximate surface area is 304 Å². The fraction of sp³-hybridized carbons (Fsp3) is 0.872. The van der Waals surface area contributed by atoms with Crippen molar-refractivity contribution < 1.29 is 24.2 Å². The number of primary amides is 1. The van der Waals surface area contributed by atoms with Crippen molar-refractivity contribution >= 4 is 17.8 Å². The third-order valence-corrected chi connectivity index (χ3v) is 16.3. The van der Waals surface area contributed by atoms with Crippen LogP contribution in [0.25, 0.3) is 0 Å². The minimum Gasteiger partial charge on any atom is -0.481 e. The highest BCUT2D eigenvalue weighted by Gasteiger charge is 2.72. The molecule has 2 heterocycles. The number of anilines is 1. The van der Waals surface area contributed by atoms with Crippen molar-refractivity contribution in [2.45, 2.75) is 125 Å². The van der Waals surface area contributed by atoms with Crippen LogP contribution in [-0.4, -0.2) is 75.2 Å². The van der Waals surface area contributed by atoms with Gasteiger partial charge in [-0.1, -0.05) is 79.1 Å². The molecule has 4 fully saturated rings. The summed E-state index contributed by atoms with van der Waals surface area (Å²) in [5.74, 6) is -0.0166. The second-order valence-corrected chi connectivity index (χ2v) is 19.2. The number of rotatable bonds is 11. The van der Waals surface area contributed by atoms with Crippen LogP contribution in [0.15, 0.2) is 11.6 Å². The van der Waals surface area contributed by atoms with Crippen LogP contribution < -0.4 is 16.8 Å². The number of nitrogens with zero attached hydrogens (tertiary/aromatic N) is 4. The molecule has 51 heavy (non-hydrogen) atoms.